The van der Waals surface area contributed by atoms with Gasteiger partial charge in [-0.25, -0.2) is 5.43 Å². The molecule has 2 aromatic rings. The van der Waals surface area contributed by atoms with Gasteiger partial charge in [0, 0.05) is 24.4 Å². The summed E-state index contributed by atoms with van der Waals surface area (Å²) in [6, 6.07) is 11.4. The van der Waals surface area contributed by atoms with E-state index in [1.807, 2.05) is 30.3 Å². The number of carbonyl (C=O) groups excluding carboxylic acids is 1. The molecule has 6 heteroatoms. The van der Waals surface area contributed by atoms with Crippen molar-refractivity contribution >= 4 is 11.9 Å². The summed E-state index contributed by atoms with van der Waals surface area (Å²) in [6.07, 6.45) is 3.26. The molecule has 0 saturated carbocycles. The van der Waals surface area contributed by atoms with Gasteiger partial charge >= 0.3 is 5.97 Å². The lowest BCUT2D eigenvalue weighted by Gasteiger charge is -2.15. The first-order chi connectivity index (χ1) is 10.2. The van der Waals surface area contributed by atoms with Crippen LogP contribution in [0.3, 0.4) is 0 Å². The largest absolute Gasteiger partial charge is 0.480 e. The number of benzene rings is 1. The van der Waals surface area contributed by atoms with E-state index in [9.17, 15) is 14.7 Å². The van der Waals surface area contributed by atoms with E-state index in [1.165, 1.54) is 12.4 Å². The average molecular weight is 285 g/mol. The highest BCUT2D eigenvalue weighted by Gasteiger charge is 2.18. The van der Waals surface area contributed by atoms with Crippen molar-refractivity contribution < 1.29 is 14.7 Å². The molecule has 0 aliphatic carbocycles. The number of aromatic nitrogens is 1. The molecule has 1 atom stereocenters. The Morgan fingerprint density at radius 3 is 2.38 bits per heavy atom. The molecule has 1 aromatic carbocycles. The van der Waals surface area contributed by atoms with Crippen LogP contribution in [0.5, 0.6) is 0 Å². The van der Waals surface area contributed by atoms with Crippen LogP contribution in [0, 0.1) is 0 Å². The maximum absolute atomic E-state index is 11.8. The van der Waals surface area contributed by atoms with Gasteiger partial charge in [-0.05, 0) is 17.7 Å². The van der Waals surface area contributed by atoms with Crippen molar-refractivity contribution in [3.63, 3.8) is 0 Å². The van der Waals surface area contributed by atoms with Gasteiger partial charge in [0.1, 0.15) is 6.04 Å². The molecular formula is C15H15N3O3. The molecule has 0 aliphatic rings. The minimum Gasteiger partial charge on any atom is -0.480 e. The fraction of sp³-hybridized carbons (Fsp3) is 0.133. The van der Waals surface area contributed by atoms with E-state index < -0.39 is 17.9 Å². The second kappa shape index (κ2) is 7.16. The van der Waals surface area contributed by atoms with Gasteiger partial charge in [0.2, 0.25) is 0 Å². The molecule has 0 radical (unpaired) electrons. The van der Waals surface area contributed by atoms with Crippen LogP contribution in [0.2, 0.25) is 0 Å². The summed E-state index contributed by atoms with van der Waals surface area (Å²) in [5.41, 5.74) is 6.22. The van der Waals surface area contributed by atoms with Gasteiger partial charge in [-0.1, -0.05) is 30.3 Å². The molecule has 108 valence electrons. The first-order valence-electron chi connectivity index (χ1n) is 6.39. The van der Waals surface area contributed by atoms with Gasteiger partial charge in [0.25, 0.3) is 5.91 Å². The van der Waals surface area contributed by atoms with Crippen LogP contribution >= 0.6 is 0 Å². The minimum absolute atomic E-state index is 0.271. The molecule has 1 amide bonds. The number of nitrogens with one attached hydrogen (secondary N) is 2. The van der Waals surface area contributed by atoms with Crippen LogP contribution in [-0.4, -0.2) is 28.0 Å². The summed E-state index contributed by atoms with van der Waals surface area (Å²) in [7, 11) is 0. The first kappa shape index (κ1) is 14.7. The zero-order chi connectivity index (χ0) is 15.1. The van der Waals surface area contributed by atoms with Crippen molar-refractivity contribution in [3.05, 3.63) is 66.0 Å². The second-order valence-corrected chi connectivity index (χ2v) is 4.41. The molecule has 6 nitrogen and oxygen atoms in total. The van der Waals surface area contributed by atoms with E-state index in [4.69, 9.17) is 0 Å². The number of carbonyl (C=O) groups is 2. The standard InChI is InChI=1S/C15H15N3O3/c19-14(12-6-8-16-9-7-12)18-17-13(15(20)21)10-11-4-2-1-3-5-11/h1-9,13,17H,10H2,(H,18,19)(H,20,21). The Morgan fingerprint density at radius 2 is 1.76 bits per heavy atom. The maximum atomic E-state index is 11.8. The van der Waals surface area contributed by atoms with Crippen molar-refractivity contribution in [2.24, 2.45) is 0 Å². The van der Waals surface area contributed by atoms with E-state index >= 15 is 0 Å². The summed E-state index contributed by atoms with van der Waals surface area (Å²) in [4.78, 5) is 26.9. The molecule has 0 aliphatic heterocycles. The molecule has 0 fully saturated rings. The molecule has 1 heterocycles. The fourth-order valence-electron chi connectivity index (χ4n) is 1.78. The SMILES string of the molecule is O=C(NNC(Cc1ccccc1)C(=O)O)c1ccncc1. The van der Waals surface area contributed by atoms with Crippen LogP contribution in [0.1, 0.15) is 15.9 Å². The normalized spacial score (nSPS) is 11.6. The van der Waals surface area contributed by atoms with Crippen LogP contribution in [0.15, 0.2) is 54.9 Å². The predicted molar refractivity (Wildman–Crippen MR) is 76.4 cm³/mol. The molecule has 0 bridgehead atoms. The summed E-state index contributed by atoms with van der Waals surface area (Å²) in [6.45, 7) is 0. The maximum Gasteiger partial charge on any atom is 0.322 e. The number of hydrogen-bond donors (Lipinski definition) is 3. The number of carboxylic acids is 1. The lowest BCUT2D eigenvalue weighted by atomic mass is 10.1. The Kier molecular flexibility index (Phi) is 5.00. The molecule has 3 N–H and O–H groups in total. The van der Waals surface area contributed by atoms with Crippen molar-refractivity contribution in [3.8, 4) is 0 Å². The van der Waals surface area contributed by atoms with Crippen molar-refractivity contribution in [2.45, 2.75) is 12.5 Å². The Morgan fingerprint density at radius 1 is 1.10 bits per heavy atom. The van der Waals surface area contributed by atoms with Crippen molar-refractivity contribution in [1.29, 1.82) is 0 Å². The number of aliphatic carboxylic acids is 1. The third kappa shape index (κ3) is 4.39. The van der Waals surface area contributed by atoms with Gasteiger partial charge in [0.05, 0.1) is 0 Å². The molecule has 0 spiro atoms. The van der Waals surface area contributed by atoms with Crippen molar-refractivity contribution in [2.75, 3.05) is 0 Å². The number of nitrogens with zero attached hydrogens (tertiary/aromatic N) is 1. The predicted octanol–water partition coefficient (Wildman–Crippen LogP) is 1.01. The number of rotatable bonds is 6. The highest BCUT2D eigenvalue weighted by atomic mass is 16.4. The Balaban J connectivity index is 1.95. The Hall–Kier alpha value is -2.73. The number of amides is 1. The number of pyridine rings is 1. The molecule has 0 saturated heterocycles. The third-order valence-electron chi connectivity index (χ3n) is 2.88. The molecule has 1 unspecified atom stereocenters. The Bertz CT molecular complexity index is 602. The fourth-order valence-corrected chi connectivity index (χ4v) is 1.78. The third-order valence-corrected chi connectivity index (χ3v) is 2.88. The summed E-state index contributed by atoms with van der Waals surface area (Å²) < 4.78 is 0. The van der Waals surface area contributed by atoms with Gasteiger partial charge in [0.15, 0.2) is 0 Å². The summed E-state index contributed by atoms with van der Waals surface area (Å²) in [5.74, 6) is -1.44. The van der Waals surface area contributed by atoms with E-state index in [0.717, 1.165) is 5.56 Å². The zero-order valence-electron chi connectivity index (χ0n) is 11.2. The van der Waals surface area contributed by atoms with Crippen LogP contribution in [-0.2, 0) is 11.2 Å². The smallest absolute Gasteiger partial charge is 0.322 e. The van der Waals surface area contributed by atoms with Gasteiger partial charge < -0.3 is 5.11 Å². The second-order valence-electron chi connectivity index (χ2n) is 4.41. The van der Waals surface area contributed by atoms with Crippen molar-refractivity contribution in [1.82, 2.24) is 15.8 Å². The summed E-state index contributed by atoms with van der Waals surface area (Å²) in [5, 5.41) is 9.19. The lowest BCUT2D eigenvalue weighted by Crippen LogP contribution is -2.49. The highest BCUT2D eigenvalue weighted by molar-refractivity contribution is 5.93. The number of carboxylic acid groups (broad SMARTS) is 1. The molecule has 21 heavy (non-hydrogen) atoms. The average Bonchev–Trinajstić information content (AvgIpc) is 2.52. The van der Waals surface area contributed by atoms with Crippen LogP contribution < -0.4 is 10.9 Å². The monoisotopic (exact) mass is 285 g/mol. The van der Waals surface area contributed by atoms with E-state index in [-0.39, 0.29) is 6.42 Å². The van der Waals surface area contributed by atoms with E-state index in [1.54, 1.807) is 12.1 Å². The molecular weight excluding hydrogens is 270 g/mol. The van der Waals surface area contributed by atoms with Gasteiger partial charge in [-0.15, -0.1) is 0 Å². The minimum atomic E-state index is -1.03. The topological polar surface area (TPSA) is 91.3 Å². The summed E-state index contributed by atoms with van der Waals surface area (Å²) >= 11 is 0. The van der Waals surface area contributed by atoms with E-state index in [2.05, 4.69) is 15.8 Å². The zero-order valence-corrected chi connectivity index (χ0v) is 11.2. The lowest BCUT2D eigenvalue weighted by molar-refractivity contribution is -0.139. The number of hydrazine groups is 1. The van der Waals surface area contributed by atoms with Crippen LogP contribution in [0.25, 0.3) is 0 Å². The molecule has 2 rings (SSSR count). The van der Waals surface area contributed by atoms with E-state index in [0.29, 0.717) is 5.56 Å². The quantitative estimate of drug-likeness (QED) is 0.689. The number of hydrogen-bond acceptors (Lipinski definition) is 4. The van der Waals surface area contributed by atoms with Crippen LogP contribution in [0.4, 0.5) is 0 Å². The molecule has 1 aromatic heterocycles. The Labute approximate surface area is 121 Å². The van der Waals surface area contributed by atoms with Gasteiger partial charge in [-0.2, -0.15) is 0 Å². The van der Waals surface area contributed by atoms with Gasteiger partial charge in [-0.3, -0.25) is 20.0 Å². The highest BCUT2D eigenvalue weighted by Crippen LogP contribution is 2.03. The first-order valence-corrected chi connectivity index (χ1v) is 6.39.